The first-order chi connectivity index (χ1) is 11.1. The lowest BCUT2D eigenvalue weighted by atomic mass is 10.1. The van der Waals surface area contributed by atoms with Gasteiger partial charge in [-0.05, 0) is 37.6 Å². The van der Waals surface area contributed by atoms with Crippen LogP contribution in [0.2, 0.25) is 0 Å². The highest BCUT2D eigenvalue weighted by Crippen LogP contribution is 2.21. The third-order valence-electron chi connectivity index (χ3n) is 3.24. The number of aryl methyl sites for hydroxylation is 2. The van der Waals surface area contributed by atoms with Crippen LogP contribution in [0.1, 0.15) is 27.4 Å². The van der Waals surface area contributed by atoms with Gasteiger partial charge in [0.05, 0.1) is 0 Å². The van der Waals surface area contributed by atoms with E-state index in [1.807, 2.05) is 26.0 Å². The lowest BCUT2D eigenvalue weighted by Crippen LogP contribution is -2.10. The topological polar surface area (TPSA) is 64.4 Å². The Morgan fingerprint density at radius 3 is 2.91 bits per heavy atom. The van der Waals surface area contributed by atoms with Crippen LogP contribution in [-0.2, 0) is 6.61 Å². The molecule has 5 nitrogen and oxygen atoms in total. The van der Waals surface area contributed by atoms with Crippen molar-refractivity contribution in [3.63, 3.8) is 0 Å². The third kappa shape index (κ3) is 3.78. The van der Waals surface area contributed by atoms with Crippen LogP contribution >= 0.6 is 11.3 Å². The minimum absolute atomic E-state index is 0.236. The number of ether oxygens (including phenoxy) is 1. The van der Waals surface area contributed by atoms with Crippen LogP contribution in [-0.4, -0.2) is 10.9 Å². The second-order valence-corrected chi connectivity index (χ2v) is 6.01. The van der Waals surface area contributed by atoms with E-state index in [1.54, 1.807) is 23.7 Å². The SMILES string of the molecule is Cc1ccc(OCc2ccc(C(=O)Nc3nccs3)o2)c(C)c1. The van der Waals surface area contributed by atoms with Crippen molar-refractivity contribution in [2.24, 2.45) is 0 Å². The van der Waals surface area contributed by atoms with Gasteiger partial charge in [0.15, 0.2) is 10.9 Å². The molecule has 1 amide bonds. The number of rotatable bonds is 5. The van der Waals surface area contributed by atoms with E-state index in [9.17, 15) is 4.79 Å². The molecule has 1 N–H and O–H groups in total. The molecule has 23 heavy (non-hydrogen) atoms. The average Bonchev–Trinajstić information content (AvgIpc) is 3.17. The summed E-state index contributed by atoms with van der Waals surface area (Å²) in [6.07, 6.45) is 1.63. The zero-order valence-electron chi connectivity index (χ0n) is 12.8. The lowest BCUT2D eigenvalue weighted by molar-refractivity contribution is 0.0992. The molecule has 0 bridgehead atoms. The average molecular weight is 328 g/mol. The maximum atomic E-state index is 12.0. The second-order valence-electron chi connectivity index (χ2n) is 5.11. The monoisotopic (exact) mass is 328 g/mol. The highest BCUT2D eigenvalue weighted by atomic mass is 32.1. The number of thiazole rings is 1. The fraction of sp³-hybridized carbons (Fsp3) is 0.176. The van der Waals surface area contributed by atoms with Crippen molar-refractivity contribution >= 4 is 22.4 Å². The third-order valence-corrected chi connectivity index (χ3v) is 3.93. The Labute approximate surface area is 137 Å². The number of nitrogens with zero attached hydrogens (tertiary/aromatic N) is 1. The number of aromatic nitrogens is 1. The molecule has 2 heterocycles. The second kappa shape index (κ2) is 6.66. The number of carbonyl (C=O) groups excluding carboxylic acids is 1. The molecular formula is C17H16N2O3S. The van der Waals surface area contributed by atoms with Crippen LogP contribution in [0.25, 0.3) is 0 Å². The summed E-state index contributed by atoms with van der Waals surface area (Å²) in [5.74, 6) is 1.31. The minimum Gasteiger partial charge on any atom is -0.485 e. The molecule has 0 saturated carbocycles. The van der Waals surface area contributed by atoms with Crippen LogP contribution in [0.3, 0.4) is 0 Å². The molecule has 0 aliphatic rings. The summed E-state index contributed by atoms with van der Waals surface area (Å²) in [4.78, 5) is 16.0. The maximum absolute atomic E-state index is 12.0. The summed E-state index contributed by atoms with van der Waals surface area (Å²) in [7, 11) is 0. The first-order valence-electron chi connectivity index (χ1n) is 7.11. The molecule has 1 aromatic carbocycles. The Bertz CT molecular complexity index is 809. The quantitative estimate of drug-likeness (QED) is 0.763. The number of amides is 1. The number of hydrogen-bond acceptors (Lipinski definition) is 5. The predicted octanol–water partition coefficient (Wildman–Crippen LogP) is 4.18. The van der Waals surface area contributed by atoms with Gasteiger partial charge in [0.25, 0.3) is 5.91 Å². The summed E-state index contributed by atoms with van der Waals surface area (Å²) in [6.45, 7) is 4.31. The maximum Gasteiger partial charge on any atom is 0.293 e. The molecule has 3 aromatic rings. The molecule has 6 heteroatoms. The lowest BCUT2D eigenvalue weighted by Gasteiger charge is -2.08. The van der Waals surface area contributed by atoms with Crippen molar-refractivity contribution < 1.29 is 13.9 Å². The molecule has 3 rings (SSSR count). The molecule has 0 saturated heterocycles. The van der Waals surface area contributed by atoms with Crippen LogP contribution in [0, 0.1) is 13.8 Å². The fourth-order valence-corrected chi connectivity index (χ4v) is 2.66. The van der Waals surface area contributed by atoms with E-state index in [4.69, 9.17) is 9.15 Å². The number of furan rings is 1. The number of anilines is 1. The standard InChI is InChI=1S/C17H16N2O3S/c1-11-3-5-14(12(2)9-11)21-10-13-4-6-15(22-13)16(20)19-17-18-7-8-23-17/h3-9H,10H2,1-2H3,(H,18,19,20). The van der Waals surface area contributed by atoms with E-state index in [1.165, 1.54) is 16.9 Å². The molecule has 0 aliphatic heterocycles. The summed E-state index contributed by atoms with van der Waals surface area (Å²) in [6, 6.07) is 9.36. The van der Waals surface area contributed by atoms with Crippen molar-refractivity contribution in [1.82, 2.24) is 4.98 Å². The Hall–Kier alpha value is -2.60. The van der Waals surface area contributed by atoms with E-state index >= 15 is 0 Å². The van der Waals surface area contributed by atoms with Gasteiger partial charge in [0.2, 0.25) is 0 Å². The van der Waals surface area contributed by atoms with Gasteiger partial charge in [0.1, 0.15) is 18.1 Å². The van der Waals surface area contributed by atoms with E-state index in [2.05, 4.69) is 16.4 Å². The van der Waals surface area contributed by atoms with E-state index < -0.39 is 0 Å². The van der Waals surface area contributed by atoms with Crippen molar-refractivity contribution in [2.45, 2.75) is 20.5 Å². The summed E-state index contributed by atoms with van der Waals surface area (Å²) >= 11 is 1.35. The highest BCUT2D eigenvalue weighted by Gasteiger charge is 2.13. The first-order valence-corrected chi connectivity index (χ1v) is 7.99. The van der Waals surface area contributed by atoms with Crippen molar-refractivity contribution in [1.29, 1.82) is 0 Å². The number of hydrogen-bond donors (Lipinski definition) is 1. The van der Waals surface area contributed by atoms with E-state index in [-0.39, 0.29) is 18.3 Å². The summed E-state index contributed by atoms with van der Waals surface area (Å²) in [5.41, 5.74) is 2.26. The molecule has 0 atom stereocenters. The van der Waals surface area contributed by atoms with Crippen LogP contribution in [0.5, 0.6) is 5.75 Å². The number of carbonyl (C=O) groups is 1. The first kappa shape index (κ1) is 15.3. The molecule has 0 unspecified atom stereocenters. The Morgan fingerprint density at radius 2 is 2.17 bits per heavy atom. The molecule has 2 aromatic heterocycles. The molecule has 0 aliphatic carbocycles. The predicted molar refractivity (Wildman–Crippen MR) is 89.0 cm³/mol. The largest absolute Gasteiger partial charge is 0.485 e. The Balaban J connectivity index is 1.62. The van der Waals surface area contributed by atoms with Gasteiger partial charge in [-0.25, -0.2) is 4.98 Å². The number of nitrogens with one attached hydrogen (secondary N) is 1. The van der Waals surface area contributed by atoms with Gasteiger partial charge in [-0.3, -0.25) is 10.1 Å². The Morgan fingerprint density at radius 1 is 1.30 bits per heavy atom. The highest BCUT2D eigenvalue weighted by molar-refractivity contribution is 7.13. The van der Waals surface area contributed by atoms with Gasteiger partial charge < -0.3 is 9.15 Å². The van der Waals surface area contributed by atoms with Crippen molar-refractivity contribution in [2.75, 3.05) is 5.32 Å². The Kier molecular flexibility index (Phi) is 4.43. The van der Waals surface area contributed by atoms with Gasteiger partial charge in [-0.2, -0.15) is 0 Å². The summed E-state index contributed by atoms with van der Waals surface area (Å²) < 4.78 is 11.3. The van der Waals surface area contributed by atoms with Gasteiger partial charge in [0, 0.05) is 11.6 Å². The van der Waals surface area contributed by atoms with Crippen LogP contribution < -0.4 is 10.1 Å². The minimum atomic E-state index is -0.322. The zero-order chi connectivity index (χ0) is 16.2. The molecule has 0 fully saturated rings. The van der Waals surface area contributed by atoms with Gasteiger partial charge in [-0.15, -0.1) is 11.3 Å². The smallest absolute Gasteiger partial charge is 0.293 e. The molecular weight excluding hydrogens is 312 g/mol. The van der Waals surface area contributed by atoms with Gasteiger partial charge in [-0.1, -0.05) is 17.7 Å². The molecule has 0 spiro atoms. The number of benzene rings is 1. The van der Waals surface area contributed by atoms with Crippen LogP contribution in [0.15, 0.2) is 46.3 Å². The summed E-state index contributed by atoms with van der Waals surface area (Å²) in [5, 5.41) is 5.01. The molecule has 118 valence electrons. The van der Waals surface area contributed by atoms with Crippen molar-refractivity contribution in [3.05, 3.63) is 64.6 Å². The van der Waals surface area contributed by atoms with E-state index in [0.717, 1.165) is 11.3 Å². The fourth-order valence-electron chi connectivity index (χ4n) is 2.13. The van der Waals surface area contributed by atoms with Crippen molar-refractivity contribution in [3.8, 4) is 5.75 Å². The zero-order valence-corrected chi connectivity index (χ0v) is 13.6. The van der Waals surface area contributed by atoms with Gasteiger partial charge >= 0.3 is 0 Å². The van der Waals surface area contributed by atoms with Crippen LogP contribution in [0.4, 0.5) is 5.13 Å². The normalized spacial score (nSPS) is 10.5. The molecule has 0 radical (unpaired) electrons. The van der Waals surface area contributed by atoms with E-state index in [0.29, 0.717) is 10.9 Å².